The van der Waals surface area contributed by atoms with Crippen molar-refractivity contribution in [3.05, 3.63) is 23.5 Å². The molecule has 5 nitrogen and oxygen atoms in total. The Kier molecular flexibility index (Phi) is 3.97. The molecule has 0 radical (unpaired) electrons. The number of fused-ring (bicyclic) bond motifs is 5. The summed E-state index contributed by atoms with van der Waals surface area (Å²) in [6, 6.07) is 0. The fourth-order valence-corrected chi connectivity index (χ4v) is 7.04. The second-order valence-corrected chi connectivity index (χ2v) is 9.41. The molecule has 144 valence electrons. The number of aliphatic hydroxyl groups is 4. The van der Waals surface area contributed by atoms with Crippen molar-refractivity contribution < 1.29 is 25.2 Å². The molecule has 5 heteroatoms. The summed E-state index contributed by atoms with van der Waals surface area (Å²) in [6.07, 6.45) is 7.13. The zero-order valence-corrected chi connectivity index (χ0v) is 15.6. The molecule has 4 aliphatic carbocycles. The zero-order chi connectivity index (χ0) is 18.9. The van der Waals surface area contributed by atoms with Crippen LogP contribution in [0.3, 0.4) is 0 Å². The lowest BCUT2D eigenvalue weighted by molar-refractivity contribution is -0.179. The monoisotopic (exact) mass is 362 g/mol. The molecule has 0 amide bonds. The average Bonchev–Trinajstić information content (AvgIpc) is 2.86. The van der Waals surface area contributed by atoms with Crippen molar-refractivity contribution in [2.75, 3.05) is 6.61 Å². The van der Waals surface area contributed by atoms with Crippen molar-refractivity contribution in [2.24, 2.45) is 28.6 Å². The lowest BCUT2D eigenvalue weighted by Crippen LogP contribution is -2.61. The first-order valence-electron chi connectivity index (χ1n) is 9.82. The number of rotatable bonds is 2. The highest BCUT2D eigenvalue weighted by Crippen LogP contribution is 2.66. The molecule has 2 fully saturated rings. The Morgan fingerprint density at radius 3 is 2.73 bits per heavy atom. The molecule has 0 aromatic carbocycles. The summed E-state index contributed by atoms with van der Waals surface area (Å²) in [5.74, 6) is 0.303. The third-order valence-electron chi connectivity index (χ3n) is 8.44. The van der Waals surface area contributed by atoms with Gasteiger partial charge >= 0.3 is 0 Å². The maximum Gasteiger partial charge on any atom is 0.190 e. The van der Waals surface area contributed by atoms with Crippen LogP contribution in [0.5, 0.6) is 0 Å². The molecular formula is C21H30O5. The van der Waals surface area contributed by atoms with E-state index in [0.29, 0.717) is 25.0 Å². The minimum absolute atomic E-state index is 0.0662. The summed E-state index contributed by atoms with van der Waals surface area (Å²) in [5.41, 5.74) is -1.32. The van der Waals surface area contributed by atoms with Crippen LogP contribution in [0.4, 0.5) is 0 Å². The van der Waals surface area contributed by atoms with Gasteiger partial charge in [-0.2, -0.15) is 0 Å². The van der Waals surface area contributed by atoms with Gasteiger partial charge < -0.3 is 20.4 Å². The smallest absolute Gasteiger partial charge is 0.190 e. The van der Waals surface area contributed by atoms with Gasteiger partial charge in [-0.25, -0.2) is 0 Å². The quantitative estimate of drug-likeness (QED) is 0.604. The van der Waals surface area contributed by atoms with E-state index in [0.717, 1.165) is 24.8 Å². The second kappa shape index (κ2) is 5.66. The van der Waals surface area contributed by atoms with Gasteiger partial charge in [-0.3, -0.25) is 4.79 Å². The van der Waals surface area contributed by atoms with Gasteiger partial charge in [0.2, 0.25) is 0 Å². The number of carbonyl (C=O) groups is 1. The summed E-state index contributed by atoms with van der Waals surface area (Å²) >= 11 is 0. The number of carbonyl (C=O) groups excluding carboxylic acids is 1. The van der Waals surface area contributed by atoms with Crippen LogP contribution in [0, 0.1) is 28.6 Å². The van der Waals surface area contributed by atoms with E-state index in [-0.39, 0.29) is 23.2 Å². The van der Waals surface area contributed by atoms with E-state index < -0.39 is 29.5 Å². The molecule has 0 aromatic heterocycles. The maximum atomic E-state index is 12.4. The topological polar surface area (TPSA) is 98.0 Å². The van der Waals surface area contributed by atoms with Gasteiger partial charge in [0.25, 0.3) is 0 Å². The van der Waals surface area contributed by atoms with Gasteiger partial charge in [0.15, 0.2) is 5.78 Å². The molecule has 0 bridgehead atoms. The Balaban J connectivity index is 1.76. The zero-order valence-electron chi connectivity index (χ0n) is 15.6. The third kappa shape index (κ3) is 2.11. The molecule has 4 aliphatic rings. The summed E-state index contributed by atoms with van der Waals surface area (Å²) in [6.45, 7) is 3.45. The highest BCUT2D eigenvalue weighted by Gasteiger charge is 2.67. The standard InChI is InChI=1S/C21H30O5/c1-19-7-5-13(23)9-12(19)3-4-14-15-6-8-21(26,17(25)11-22)20(15,2)10-16(24)18(14)19/h3,9,14-16,18,22-24,26H,4-8,10-11H2,1-2H3/t14-,15-,16-,18+,19-,20-,21-/m0/s1. The van der Waals surface area contributed by atoms with Crippen LogP contribution in [0.2, 0.25) is 0 Å². The number of allylic oxidation sites excluding steroid dienone is 4. The molecule has 0 unspecified atom stereocenters. The van der Waals surface area contributed by atoms with Crippen molar-refractivity contribution in [2.45, 2.75) is 64.1 Å². The fourth-order valence-electron chi connectivity index (χ4n) is 7.04. The van der Waals surface area contributed by atoms with E-state index in [1.807, 2.05) is 13.0 Å². The maximum absolute atomic E-state index is 12.4. The first-order valence-corrected chi connectivity index (χ1v) is 9.82. The minimum atomic E-state index is -1.55. The van der Waals surface area contributed by atoms with E-state index in [1.165, 1.54) is 0 Å². The van der Waals surface area contributed by atoms with Crippen LogP contribution in [-0.4, -0.2) is 44.5 Å². The van der Waals surface area contributed by atoms with Gasteiger partial charge in [0.05, 0.1) is 11.9 Å². The Morgan fingerprint density at radius 2 is 2.04 bits per heavy atom. The lowest BCUT2D eigenvalue weighted by atomic mass is 9.46. The highest BCUT2D eigenvalue weighted by atomic mass is 16.3. The molecule has 26 heavy (non-hydrogen) atoms. The SMILES string of the molecule is C[C@]12CCC(O)=CC1=CC[C@@H]1[C@@H]2[C@@H](O)C[C@@]2(C)[C@H]1CC[C@]2(O)C(=O)CO. The predicted molar refractivity (Wildman–Crippen MR) is 96.2 cm³/mol. The number of hydrogen-bond donors (Lipinski definition) is 4. The van der Waals surface area contributed by atoms with Crippen LogP contribution in [0.1, 0.15) is 52.4 Å². The van der Waals surface area contributed by atoms with Crippen molar-refractivity contribution in [3.8, 4) is 0 Å². The Morgan fingerprint density at radius 1 is 1.31 bits per heavy atom. The summed E-state index contributed by atoms with van der Waals surface area (Å²) in [5, 5.41) is 41.7. The van der Waals surface area contributed by atoms with Crippen LogP contribution >= 0.6 is 0 Å². The lowest BCUT2D eigenvalue weighted by Gasteiger charge is -2.59. The molecule has 0 spiro atoms. The van der Waals surface area contributed by atoms with Crippen molar-refractivity contribution in [1.82, 2.24) is 0 Å². The van der Waals surface area contributed by atoms with Gasteiger partial charge in [-0.05, 0) is 66.9 Å². The number of Topliss-reactive ketones (excluding diaryl/α,β-unsaturated/α-hetero) is 1. The minimum Gasteiger partial charge on any atom is -0.512 e. The molecular weight excluding hydrogens is 332 g/mol. The largest absolute Gasteiger partial charge is 0.512 e. The van der Waals surface area contributed by atoms with Gasteiger partial charge in [-0.1, -0.05) is 19.9 Å². The number of hydrogen-bond acceptors (Lipinski definition) is 5. The molecule has 0 saturated heterocycles. The van der Waals surface area contributed by atoms with E-state index in [1.54, 1.807) is 0 Å². The van der Waals surface area contributed by atoms with Crippen molar-refractivity contribution >= 4 is 5.78 Å². The molecule has 4 N–H and O–H groups in total. The predicted octanol–water partition coefficient (Wildman–Crippen LogP) is 2.26. The molecule has 4 rings (SSSR count). The molecule has 0 aliphatic heterocycles. The third-order valence-corrected chi connectivity index (χ3v) is 8.44. The van der Waals surface area contributed by atoms with E-state index >= 15 is 0 Å². The molecule has 2 saturated carbocycles. The van der Waals surface area contributed by atoms with Gasteiger partial charge in [0.1, 0.15) is 12.2 Å². The van der Waals surface area contributed by atoms with Crippen LogP contribution < -0.4 is 0 Å². The fraction of sp³-hybridized carbons (Fsp3) is 0.762. The summed E-state index contributed by atoms with van der Waals surface area (Å²) in [4.78, 5) is 12.4. The van der Waals surface area contributed by atoms with Crippen LogP contribution in [0.25, 0.3) is 0 Å². The number of ketones is 1. The molecule has 0 heterocycles. The van der Waals surface area contributed by atoms with E-state index in [4.69, 9.17) is 0 Å². The first-order chi connectivity index (χ1) is 12.2. The van der Waals surface area contributed by atoms with E-state index in [9.17, 15) is 25.2 Å². The Bertz CT molecular complexity index is 697. The summed E-state index contributed by atoms with van der Waals surface area (Å²) in [7, 11) is 0. The second-order valence-electron chi connectivity index (χ2n) is 9.41. The number of aliphatic hydroxyl groups excluding tert-OH is 3. The van der Waals surface area contributed by atoms with Crippen LogP contribution in [-0.2, 0) is 4.79 Å². The average molecular weight is 362 g/mol. The Hall–Kier alpha value is -1.17. The van der Waals surface area contributed by atoms with Crippen LogP contribution in [0.15, 0.2) is 23.5 Å². The van der Waals surface area contributed by atoms with Gasteiger partial charge in [-0.15, -0.1) is 0 Å². The normalized spacial score (nSPS) is 50.2. The molecule has 0 aromatic rings. The molecule has 7 atom stereocenters. The van der Waals surface area contributed by atoms with Crippen molar-refractivity contribution in [3.63, 3.8) is 0 Å². The summed E-state index contributed by atoms with van der Waals surface area (Å²) < 4.78 is 0. The first kappa shape index (κ1) is 18.2. The Labute approximate surface area is 154 Å². The van der Waals surface area contributed by atoms with Crippen molar-refractivity contribution in [1.29, 1.82) is 0 Å². The van der Waals surface area contributed by atoms with Gasteiger partial charge in [0, 0.05) is 11.8 Å². The van der Waals surface area contributed by atoms with E-state index in [2.05, 4.69) is 13.0 Å². The highest BCUT2D eigenvalue weighted by molar-refractivity contribution is 5.89.